The van der Waals surface area contributed by atoms with Gasteiger partial charge in [0, 0.05) is 0 Å². The van der Waals surface area contributed by atoms with E-state index in [0.717, 1.165) is 0 Å². The summed E-state index contributed by atoms with van der Waals surface area (Å²) in [4.78, 5) is 4.09. The molecule has 11 heavy (non-hydrogen) atoms. The molecule has 0 saturated carbocycles. The van der Waals surface area contributed by atoms with Crippen molar-refractivity contribution < 1.29 is 0 Å². The van der Waals surface area contributed by atoms with Crippen molar-refractivity contribution in [3.05, 3.63) is 24.5 Å². The van der Waals surface area contributed by atoms with E-state index in [1.165, 1.54) is 22.4 Å². The summed E-state index contributed by atoms with van der Waals surface area (Å²) in [6.07, 6.45) is 6.56. The van der Waals surface area contributed by atoms with Crippen LogP contribution in [0.15, 0.2) is 24.5 Å². The van der Waals surface area contributed by atoms with Gasteiger partial charge in [-0.1, -0.05) is 0 Å². The normalized spacial score (nSPS) is 11.0. The summed E-state index contributed by atoms with van der Waals surface area (Å²) in [7, 11) is 0. The monoisotopic (exact) mass is 211 g/mol. The fourth-order valence-corrected chi connectivity index (χ4v) is 3.39. The average molecular weight is 211 g/mol. The van der Waals surface area contributed by atoms with Crippen LogP contribution in [0.3, 0.4) is 0 Å². The van der Waals surface area contributed by atoms with E-state index >= 15 is 0 Å². The molecule has 0 fully saturated rings. The van der Waals surface area contributed by atoms with Gasteiger partial charge in [-0.25, -0.2) is 0 Å². The first-order valence-electron chi connectivity index (χ1n) is 4.07. The van der Waals surface area contributed by atoms with Crippen LogP contribution in [-0.4, -0.2) is 20.7 Å². The van der Waals surface area contributed by atoms with Crippen molar-refractivity contribution in [3.8, 4) is 0 Å². The number of hydrogen-bond acceptors (Lipinski definition) is 1. The zero-order valence-corrected chi connectivity index (χ0v) is 8.98. The second-order valence-corrected chi connectivity index (χ2v) is 5.52. The molecular weight excluding hydrogens is 197 g/mol. The molecule has 0 aliphatic carbocycles. The SMILES string of the molecule is CCCC[AsH]c1cccnc1. The molecule has 0 aliphatic heterocycles. The van der Waals surface area contributed by atoms with Gasteiger partial charge in [-0.2, -0.15) is 0 Å². The summed E-state index contributed by atoms with van der Waals surface area (Å²) in [6, 6.07) is 4.23. The van der Waals surface area contributed by atoms with E-state index in [0.29, 0.717) is 0 Å². The summed E-state index contributed by atoms with van der Waals surface area (Å²) in [6.45, 7) is 2.25. The molecular formula is C9H14AsN. The Bertz CT molecular complexity index is 186. The summed E-state index contributed by atoms with van der Waals surface area (Å²) >= 11 is 0.132. The van der Waals surface area contributed by atoms with E-state index in [9.17, 15) is 0 Å². The molecule has 0 radical (unpaired) electrons. The summed E-state index contributed by atoms with van der Waals surface area (Å²) < 4.78 is 1.49. The maximum atomic E-state index is 4.09. The van der Waals surface area contributed by atoms with E-state index in [1.54, 1.807) is 0 Å². The first-order chi connectivity index (χ1) is 5.43. The first kappa shape index (κ1) is 8.80. The van der Waals surface area contributed by atoms with Crippen LogP contribution in [-0.2, 0) is 0 Å². The van der Waals surface area contributed by atoms with Gasteiger partial charge in [0.15, 0.2) is 0 Å². The predicted molar refractivity (Wildman–Crippen MR) is 50.7 cm³/mol. The van der Waals surface area contributed by atoms with Gasteiger partial charge in [-0.15, -0.1) is 0 Å². The van der Waals surface area contributed by atoms with E-state index in [-0.39, 0.29) is 15.8 Å². The minimum atomic E-state index is 0.132. The maximum absolute atomic E-state index is 4.09. The van der Waals surface area contributed by atoms with Crippen molar-refractivity contribution in [1.29, 1.82) is 0 Å². The third-order valence-electron chi connectivity index (χ3n) is 1.52. The van der Waals surface area contributed by atoms with Gasteiger partial charge in [0.05, 0.1) is 0 Å². The predicted octanol–water partition coefficient (Wildman–Crippen LogP) is 1.36. The third kappa shape index (κ3) is 3.57. The van der Waals surface area contributed by atoms with Crippen LogP contribution in [0.5, 0.6) is 0 Å². The van der Waals surface area contributed by atoms with Gasteiger partial charge in [0.2, 0.25) is 0 Å². The topological polar surface area (TPSA) is 12.9 Å². The molecule has 0 saturated heterocycles. The molecule has 0 spiro atoms. The Morgan fingerprint density at radius 2 is 2.45 bits per heavy atom. The van der Waals surface area contributed by atoms with Crippen LogP contribution < -0.4 is 4.35 Å². The van der Waals surface area contributed by atoms with Crippen LogP contribution >= 0.6 is 0 Å². The molecule has 1 nitrogen and oxygen atoms in total. The number of hydrogen-bond donors (Lipinski definition) is 0. The number of nitrogens with zero attached hydrogens (tertiary/aromatic N) is 1. The Balaban J connectivity index is 2.28. The third-order valence-corrected chi connectivity index (χ3v) is 4.26. The van der Waals surface area contributed by atoms with Crippen molar-refractivity contribution in [2.75, 3.05) is 0 Å². The number of pyridine rings is 1. The number of rotatable bonds is 4. The Morgan fingerprint density at radius 1 is 1.55 bits per heavy atom. The molecule has 1 rings (SSSR count). The number of unbranched alkanes of at least 4 members (excludes halogenated alkanes) is 1. The molecule has 1 unspecified atom stereocenters. The quantitative estimate of drug-likeness (QED) is 0.541. The summed E-state index contributed by atoms with van der Waals surface area (Å²) in [5.41, 5.74) is 0. The van der Waals surface area contributed by atoms with Gasteiger partial charge in [-0.05, 0) is 0 Å². The van der Waals surface area contributed by atoms with E-state index in [1.807, 2.05) is 18.5 Å². The molecule has 1 atom stereocenters. The fraction of sp³-hybridized carbons (Fsp3) is 0.444. The minimum absolute atomic E-state index is 0.132. The Morgan fingerprint density at radius 3 is 3.09 bits per heavy atom. The average Bonchev–Trinajstić information content (AvgIpc) is 2.07. The van der Waals surface area contributed by atoms with Gasteiger partial charge in [0.1, 0.15) is 0 Å². The molecule has 1 aromatic heterocycles. The van der Waals surface area contributed by atoms with Crippen LogP contribution in [0.2, 0.25) is 5.21 Å². The molecule has 0 aliphatic rings. The Labute approximate surface area is 74.9 Å². The molecule has 60 valence electrons. The van der Waals surface area contributed by atoms with E-state index in [4.69, 9.17) is 0 Å². The van der Waals surface area contributed by atoms with Gasteiger partial charge in [0.25, 0.3) is 0 Å². The Kier molecular flexibility index (Phi) is 4.30. The number of aromatic nitrogens is 1. The van der Waals surface area contributed by atoms with Gasteiger partial charge in [-0.3, -0.25) is 0 Å². The van der Waals surface area contributed by atoms with Gasteiger partial charge >= 0.3 is 74.6 Å². The molecule has 0 amide bonds. The summed E-state index contributed by atoms with van der Waals surface area (Å²) in [5.74, 6) is 0. The molecule has 1 heterocycles. The van der Waals surface area contributed by atoms with Crippen LogP contribution in [0.4, 0.5) is 0 Å². The Hall–Kier alpha value is -0.292. The van der Waals surface area contributed by atoms with E-state index in [2.05, 4.69) is 18.0 Å². The van der Waals surface area contributed by atoms with Crippen LogP contribution in [0.1, 0.15) is 19.8 Å². The van der Waals surface area contributed by atoms with Crippen LogP contribution in [0, 0.1) is 0 Å². The second-order valence-electron chi connectivity index (χ2n) is 2.52. The zero-order chi connectivity index (χ0) is 7.94. The van der Waals surface area contributed by atoms with Gasteiger partial charge < -0.3 is 0 Å². The van der Waals surface area contributed by atoms with Crippen molar-refractivity contribution in [2.45, 2.75) is 25.0 Å². The fourth-order valence-electron chi connectivity index (χ4n) is 0.877. The molecule has 1 aromatic rings. The van der Waals surface area contributed by atoms with Crippen molar-refractivity contribution in [3.63, 3.8) is 0 Å². The molecule has 0 bridgehead atoms. The molecule has 2 heteroatoms. The standard InChI is InChI=1S/C9H14AsN/c1-2-3-6-10-9-5-4-7-11-8-9/h4-5,7-8,10H,2-3,6H2,1H3. The van der Waals surface area contributed by atoms with Crippen molar-refractivity contribution >= 4 is 20.1 Å². The molecule has 0 aromatic carbocycles. The van der Waals surface area contributed by atoms with Crippen molar-refractivity contribution in [1.82, 2.24) is 4.98 Å². The van der Waals surface area contributed by atoms with Crippen LogP contribution in [0.25, 0.3) is 0 Å². The van der Waals surface area contributed by atoms with E-state index < -0.39 is 0 Å². The first-order valence-corrected chi connectivity index (χ1v) is 6.60. The summed E-state index contributed by atoms with van der Waals surface area (Å²) in [5, 5.41) is 1.42. The second kappa shape index (κ2) is 5.37. The van der Waals surface area contributed by atoms with Crippen molar-refractivity contribution in [2.24, 2.45) is 0 Å². The zero-order valence-electron chi connectivity index (χ0n) is 6.88. The molecule has 0 N–H and O–H groups in total.